The Morgan fingerprint density at radius 3 is 2.58 bits per heavy atom. The highest BCUT2D eigenvalue weighted by molar-refractivity contribution is 7.92. The van der Waals surface area contributed by atoms with Crippen molar-refractivity contribution in [2.24, 2.45) is 0 Å². The van der Waals surface area contributed by atoms with Gasteiger partial charge >= 0.3 is 12.3 Å². The van der Waals surface area contributed by atoms with Gasteiger partial charge in [-0.05, 0) is 56.0 Å². The Hall–Kier alpha value is -4.66. The van der Waals surface area contributed by atoms with Gasteiger partial charge in [-0.1, -0.05) is 24.3 Å². The highest BCUT2D eigenvalue weighted by Gasteiger charge is 2.30. The number of aryl methyl sites for hydroxylation is 2. The molecule has 3 N–H and O–H groups in total. The van der Waals surface area contributed by atoms with Crippen molar-refractivity contribution in [3.8, 4) is 22.9 Å². The monoisotopic (exact) mass is 644 g/mol. The van der Waals surface area contributed by atoms with Crippen LogP contribution in [0.25, 0.3) is 22.0 Å². The normalized spacial score (nSPS) is 15.6. The summed E-state index contributed by atoms with van der Waals surface area (Å²) in [4.78, 5) is 26.1. The largest absolute Gasteiger partial charge is 0.465 e. The lowest BCUT2D eigenvalue weighted by Crippen LogP contribution is -2.44. The number of rotatable bonds is 9. The fourth-order valence-electron chi connectivity index (χ4n) is 5.12. The van der Waals surface area contributed by atoms with E-state index in [0.717, 1.165) is 6.42 Å². The quantitative estimate of drug-likeness (QED) is 0.190. The summed E-state index contributed by atoms with van der Waals surface area (Å²) in [5.74, 6) is -0.196. The molecular formula is C30H31F3N6O5S. The standard InChI is InChI=1S/C30H31F3N6O5S/c1-18-7-10-22-21(25(18)38-45(42,43)16-12-30(31,32)33)9-8-19(2)26(22)44-27-23(6-3-13-34-27)24-11-14-35-28(37-24)36-20-5-4-15-39(17-20)29(40)41/h3,6-11,13-14,20,38H,4-5,12,15-17H2,1-2H3,(H,40,41)(H,35,36,37). The first-order valence-corrected chi connectivity index (χ1v) is 15.8. The maximum atomic E-state index is 12.7. The highest BCUT2D eigenvalue weighted by atomic mass is 32.2. The molecule has 15 heteroatoms. The van der Waals surface area contributed by atoms with Crippen molar-refractivity contribution >= 4 is 38.5 Å². The number of piperidine rings is 1. The van der Waals surface area contributed by atoms with Crippen LogP contribution in [-0.4, -0.2) is 70.5 Å². The van der Waals surface area contributed by atoms with Gasteiger partial charge in [-0.15, -0.1) is 0 Å². The summed E-state index contributed by atoms with van der Waals surface area (Å²) in [6.45, 7) is 4.25. The number of hydrogen-bond acceptors (Lipinski definition) is 8. The van der Waals surface area contributed by atoms with Crippen LogP contribution in [0, 0.1) is 13.8 Å². The van der Waals surface area contributed by atoms with Crippen molar-refractivity contribution in [2.75, 3.05) is 28.9 Å². The Balaban J connectivity index is 1.45. The zero-order valence-corrected chi connectivity index (χ0v) is 25.2. The molecule has 1 aliphatic rings. The Labute approximate surface area is 257 Å². The Morgan fingerprint density at radius 1 is 1.07 bits per heavy atom. The number of carboxylic acid groups (broad SMARTS) is 1. The van der Waals surface area contributed by atoms with Gasteiger partial charge in [0.25, 0.3) is 0 Å². The molecule has 2 aromatic heterocycles. The number of likely N-dealkylation sites (tertiary alicyclic amines) is 1. The number of carbonyl (C=O) groups is 1. The van der Waals surface area contributed by atoms with Crippen molar-refractivity contribution in [1.29, 1.82) is 0 Å². The molecule has 0 radical (unpaired) electrons. The number of fused-ring (bicyclic) bond motifs is 1. The van der Waals surface area contributed by atoms with Crippen molar-refractivity contribution < 1.29 is 36.2 Å². The lowest BCUT2D eigenvalue weighted by atomic mass is 10.0. The van der Waals surface area contributed by atoms with Crippen molar-refractivity contribution in [1.82, 2.24) is 19.9 Å². The zero-order valence-electron chi connectivity index (χ0n) is 24.4. The minimum Gasteiger partial charge on any atom is -0.465 e. The average molecular weight is 645 g/mol. The third kappa shape index (κ3) is 7.71. The van der Waals surface area contributed by atoms with E-state index in [1.165, 1.54) is 4.90 Å². The van der Waals surface area contributed by atoms with Crippen LogP contribution in [-0.2, 0) is 10.0 Å². The van der Waals surface area contributed by atoms with E-state index >= 15 is 0 Å². The van der Waals surface area contributed by atoms with Crippen LogP contribution in [0.5, 0.6) is 11.6 Å². The number of nitrogens with zero attached hydrogens (tertiary/aromatic N) is 4. The molecule has 5 rings (SSSR count). The second-order valence-corrected chi connectivity index (χ2v) is 12.6. The molecule has 1 saturated heterocycles. The average Bonchev–Trinajstić information content (AvgIpc) is 2.99. The maximum Gasteiger partial charge on any atom is 0.407 e. The van der Waals surface area contributed by atoms with E-state index in [4.69, 9.17) is 4.74 Å². The smallest absolute Gasteiger partial charge is 0.407 e. The van der Waals surface area contributed by atoms with Gasteiger partial charge in [0, 0.05) is 42.3 Å². The van der Waals surface area contributed by atoms with Gasteiger partial charge in [0.15, 0.2) is 0 Å². The summed E-state index contributed by atoms with van der Waals surface area (Å²) >= 11 is 0. The van der Waals surface area contributed by atoms with Crippen LogP contribution in [0.2, 0.25) is 0 Å². The molecule has 1 aliphatic heterocycles. The number of benzene rings is 2. The fourth-order valence-corrected chi connectivity index (χ4v) is 6.30. The number of halogens is 3. The van der Waals surface area contributed by atoms with E-state index in [2.05, 4.69) is 25.0 Å². The summed E-state index contributed by atoms with van der Waals surface area (Å²) in [5, 5.41) is 13.5. The number of alkyl halides is 3. The van der Waals surface area contributed by atoms with E-state index < -0.39 is 34.5 Å². The van der Waals surface area contributed by atoms with Crippen molar-refractivity contribution in [2.45, 2.75) is 45.3 Å². The molecule has 0 aliphatic carbocycles. The minimum atomic E-state index is -4.61. The van der Waals surface area contributed by atoms with Gasteiger partial charge in [-0.3, -0.25) is 4.72 Å². The SMILES string of the molecule is Cc1ccc2c(Oc3ncccc3-c3ccnc(NC4CCCN(C(=O)O)C4)n3)c(C)ccc2c1NS(=O)(=O)CCC(F)(F)F. The van der Waals surface area contributed by atoms with E-state index in [1.807, 2.05) is 6.92 Å². The third-order valence-electron chi connectivity index (χ3n) is 7.40. The summed E-state index contributed by atoms with van der Waals surface area (Å²) in [6.07, 6.45) is -2.46. The summed E-state index contributed by atoms with van der Waals surface area (Å²) < 4.78 is 72.1. The predicted molar refractivity (Wildman–Crippen MR) is 163 cm³/mol. The third-order valence-corrected chi connectivity index (χ3v) is 8.65. The number of hydrogen-bond donors (Lipinski definition) is 3. The van der Waals surface area contributed by atoms with Gasteiger partial charge in [-0.25, -0.2) is 28.2 Å². The highest BCUT2D eigenvalue weighted by Crippen LogP contribution is 2.40. The summed E-state index contributed by atoms with van der Waals surface area (Å²) in [6, 6.07) is 11.8. The molecule has 238 valence electrons. The molecule has 3 heterocycles. The Kier molecular flexibility index (Phi) is 9.00. The van der Waals surface area contributed by atoms with Gasteiger partial charge in [-0.2, -0.15) is 13.2 Å². The van der Waals surface area contributed by atoms with Crippen LogP contribution >= 0.6 is 0 Å². The first kappa shape index (κ1) is 31.8. The number of ether oxygens (including phenoxy) is 1. The minimum absolute atomic E-state index is 0.156. The topological polar surface area (TPSA) is 147 Å². The van der Waals surface area contributed by atoms with Crippen molar-refractivity contribution in [3.05, 3.63) is 66.0 Å². The molecule has 1 atom stereocenters. The Bertz CT molecular complexity index is 1840. The lowest BCUT2D eigenvalue weighted by Gasteiger charge is -2.31. The summed E-state index contributed by atoms with van der Waals surface area (Å²) in [7, 11) is -4.30. The van der Waals surface area contributed by atoms with Gasteiger partial charge in [0.05, 0.1) is 29.1 Å². The molecular weight excluding hydrogens is 613 g/mol. The number of sulfonamides is 1. The Morgan fingerprint density at radius 2 is 1.82 bits per heavy atom. The van der Waals surface area contributed by atoms with Crippen LogP contribution in [0.15, 0.2) is 54.9 Å². The second-order valence-electron chi connectivity index (χ2n) is 10.8. The maximum absolute atomic E-state index is 12.7. The number of amides is 1. The molecule has 0 saturated carbocycles. The number of pyridine rings is 1. The van der Waals surface area contributed by atoms with E-state index in [-0.39, 0.29) is 17.6 Å². The first-order valence-electron chi connectivity index (χ1n) is 14.1. The second kappa shape index (κ2) is 12.8. The van der Waals surface area contributed by atoms with Crippen molar-refractivity contribution in [3.63, 3.8) is 0 Å². The van der Waals surface area contributed by atoms with E-state index in [9.17, 15) is 31.5 Å². The lowest BCUT2D eigenvalue weighted by molar-refractivity contribution is -0.129. The molecule has 1 amide bonds. The van der Waals surface area contributed by atoms with Gasteiger partial charge in [0.1, 0.15) is 5.75 Å². The fraction of sp³-hybridized carbons (Fsp3) is 0.333. The van der Waals surface area contributed by atoms with E-state index in [0.29, 0.717) is 64.4 Å². The van der Waals surface area contributed by atoms with Crippen LogP contribution in [0.4, 0.5) is 29.6 Å². The number of nitrogens with one attached hydrogen (secondary N) is 2. The van der Waals surface area contributed by atoms with Gasteiger partial charge < -0.3 is 20.1 Å². The summed E-state index contributed by atoms with van der Waals surface area (Å²) in [5.41, 5.74) is 2.43. The van der Waals surface area contributed by atoms with Gasteiger partial charge in [0.2, 0.25) is 21.9 Å². The molecule has 45 heavy (non-hydrogen) atoms. The first-order chi connectivity index (χ1) is 21.3. The van der Waals surface area contributed by atoms with Crippen LogP contribution in [0.1, 0.15) is 30.4 Å². The molecule has 0 spiro atoms. The van der Waals surface area contributed by atoms with E-state index in [1.54, 1.807) is 61.8 Å². The predicted octanol–water partition coefficient (Wildman–Crippen LogP) is 6.35. The van der Waals surface area contributed by atoms with Crippen LogP contribution < -0.4 is 14.8 Å². The molecule has 2 aromatic carbocycles. The molecule has 4 aromatic rings. The molecule has 1 fully saturated rings. The van der Waals surface area contributed by atoms with Crippen LogP contribution in [0.3, 0.4) is 0 Å². The molecule has 11 nitrogen and oxygen atoms in total. The number of anilines is 2. The molecule has 1 unspecified atom stereocenters. The molecule has 0 bridgehead atoms. The number of aromatic nitrogens is 3. The zero-order chi connectivity index (χ0) is 32.4.